The van der Waals surface area contributed by atoms with Gasteiger partial charge in [-0.2, -0.15) is 11.8 Å². The van der Waals surface area contributed by atoms with Gasteiger partial charge in [0.2, 0.25) is 0 Å². The summed E-state index contributed by atoms with van der Waals surface area (Å²) in [7, 11) is 0. The number of carbonyl (C=O) groups excluding carboxylic acids is 2. The number of fused-ring (bicyclic) bond motifs is 5. The Bertz CT molecular complexity index is 1190. The van der Waals surface area contributed by atoms with E-state index in [2.05, 4.69) is 39.9 Å². The van der Waals surface area contributed by atoms with Crippen LogP contribution < -0.4 is 5.32 Å². The summed E-state index contributed by atoms with van der Waals surface area (Å²) < 4.78 is 12.3. The van der Waals surface area contributed by atoms with Crippen LogP contribution in [-0.2, 0) is 14.3 Å². The quantitative estimate of drug-likeness (QED) is 0.160. The van der Waals surface area contributed by atoms with Crippen LogP contribution in [0.25, 0.3) is 0 Å². The van der Waals surface area contributed by atoms with Gasteiger partial charge < -0.3 is 30.1 Å². The van der Waals surface area contributed by atoms with Crippen molar-refractivity contribution in [3.8, 4) is 0 Å². The summed E-state index contributed by atoms with van der Waals surface area (Å²) in [5.74, 6) is 0.738. The molecule has 4 fully saturated rings. The van der Waals surface area contributed by atoms with Crippen LogP contribution in [0.3, 0.4) is 0 Å². The van der Waals surface area contributed by atoms with Crippen LogP contribution in [0.5, 0.6) is 0 Å². The summed E-state index contributed by atoms with van der Waals surface area (Å²) in [6, 6.07) is -0.840. The molecule has 284 valence electrons. The Balaban J connectivity index is 1.73. The predicted octanol–water partition coefficient (Wildman–Crippen LogP) is 7.89. The van der Waals surface area contributed by atoms with Gasteiger partial charge in [-0.15, -0.1) is 0 Å². The van der Waals surface area contributed by atoms with E-state index in [1.807, 2.05) is 27.0 Å². The van der Waals surface area contributed by atoms with Crippen molar-refractivity contribution in [3.05, 3.63) is 0 Å². The van der Waals surface area contributed by atoms with Gasteiger partial charge in [-0.05, 0) is 164 Å². The summed E-state index contributed by atoms with van der Waals surface area (Å²) in [4.78, 5) is 27.2. The maximum atomic E-state index is 14.3. The first-order chi connectivity index (χ1) is 22.3. The number of alkyl carbamates (subject to hydrolysis) is 1. The van der Waals surface area contributed by atoms with Crippen molar-refractivity contribution in [2.45, 2.75) is 182 Å². The molecular weight excluding hydrogens is 639 g/mol. The first kappa shape index (κ1) is 40.7. The highest BCUT2D eigenvalue weighted by atomic mass is 32.2. The summed E-state index contributed by atoms with van der Waals surface area (Å²) in [5.41, 5.74) is -2.95. The van der Waals surface area contributed by atoms with Crippen LogP contribution in [0.15, 0.2) is 0 Å². The van der Waals surface area contributed by atoms with Crippen LogP contribution >= 0.6 is 11.8 Å². The van der Waals surface area contributed by atoms with Gasteiger partial charge in [-0.25, -0.2) is 9.59 Å². The molecule has 0 saturated heterocycles. The fourth-order valence-corrected chi connectivity index (χ4v) is 12.2. The number of ether oxygens (including phenoxy) is 2. The Morgan fingerprint density at radius 3 is 2.12 bits per heavy atom. The largest absolute Gasteiger partial charge is 0.461 e. The van der Waals surface area contributed by atoms with Crippen LogP contribution in [-0.4, -0.2) is 74.4 Å². The molecule has 0 unspecified atom stereocenters. The van der Waals surface area contributed by atoms with Crippen molar-refractivity contribution in [2.24, 2.45) is 45.3 Å². The highest BCUT2D eigenvalue weighted by molar-refractivity contribution is 7.98. The maximum Gasteiger partial charge on any atom is 0.408 e. The summed E-state index contributed by atoms with van der Waals surface area (Å²) in [6.45, 7) is 22.8. The molecule has 0 aliphatic heterocycles. The lowest BCUT2D eigenvalue weighted by Crippen LogP contribution is -2.67. The number of carbonyl (C=O) groups is 2. The fraction of sp³-hybridized carbons (Fsp3) is 0.950. The molecule has 0 radical (unpaired) electrons. The number of aliphatic hydroxyl groups excluding tert-OH is 1. The zero-order chi connectivity index (χ0) is 37.0. The Kier molecular flexibility index (Phi) is 11.7. The number of amides is 1. The molecule has 1 amide bonds. The highest BCUT2D eigenvalue weighted by Gasteiger charge is 2.72. The van der Waals surface area contributed by atoms with Crippen LogP contribution in [0, 0.1) is 45.3 Å². The third-order valence-electron chi connectivity index (χ3n) is 14.5. The third kappa shape index (κ3) is 8.00. The van der Waals surface area contributed by atoms with E-state index in [-0.39, 0.29) is 45.5 Å². The van der Waals surface area contributed by atoms with Crippen molar-refractivity contribution in [1.29, 1.82) is 0 Å². The first-order valence-electron chi connectivity index (χ1n) is 19.1. The molecule has 4 saturated carbocycles. The second kappa shape index (κ2) is 14.1. The van der Waals surface area contributed by atoms with Gasteiger partial charge in [0.05, 0.1) is 17.3 Å². The van der Waals surface area contributed by atoms with E-state index >= 15 is 0 Å². The SMILES string of the molecule is CSCC[C@H](NC(=O)OC(C)(C)C)C(=O)O[C@@H]1C[C@@H]2[C@@]3(C)CC[C@H](O)C(C)(C)[C@@H]3CC[C@@]2(C)[C@]2(C)CC[C@H]([C@](C)(O)CCCC(C)(C)O)[C@@H]12. The molecule has 4 N–H and O–H groups in total. The number of rotatable bonds is 11. The summed E-state index contributed by atoms with van der Waals surface area (Å²) >= 11 is 1.62. The molecule has 9 heteroatoms. The number of esters is 1. The van der Waals surface area contributed by atoms with Crippen molar-refractivity contribution < 1.29 is 34.4 Å². The minimum Gasteiger partial charge on any atom is -0.461 e. The molecule has 0 heterocycles. The molecule has 0 aromatic carbocycles. The maximum absolute atomic E-state index is 14.3. The van der Waals surface area contributed by atoms with Gasteiger partial charge >= 0.3 is 12.1 Å². The molecule has 11 atom stereocenters. The Morgan fingerprint density at radius 1 is 0.898 bits per heavy atom. The van der Waals surface area contributed by atoms with Gasteiger partial charge in [0.15, 0.2) is 0 Å². The second-order valence-corrected chi connectivity index (χ2v) is 20.7. The van der Waals surface area contributed by atoms with Crippen LogP contribution in [0.1, 0.15) is 147 Å². The molecule has 0 bridgehead atoms. The lowest BCUT2D eigenvalue weighted by atomic mass is 9.35. The fourth-order valence-electron chi connectivity index (χ4n) is 11.8. The van der Waals surface area contributed by atoms with Gasteiger partial charge in [-0.1, -0.05) is 34.6 Å². The molecule has 4 aliphatic rings. The van der Waals surface area contributed by atoms with E-state index in [9.17, 15) is 24.9 Å². The molecule has 0 spiro atoms. The Labute approximate surface area is 302 Å². The standard InChI is InChI=1S/C40H71NO7S/c1-34(2,3)48-33(44)41-26(17-23-49-12)32(43)47-27-24-29-37(8)20-16-30(42)36(6,7)28(37)15-22-38(29,9)39(10)21-14-25(31(27)39)40(11,46)19-13-18-35(4,5)45/h25-31,42,45-46H,13-24H2,1-12H3,(H,41,44)/t25-,26-,27+,28-,29+,30-,31-,37-,38+,39+,40+/m0/s1. The number of nitrogens with one attached hydrogen (secondary N) is 1. The molecule has 0 aromatic rings. The van der Waals surface area contributed by atoms with E-state index in [0.29, 0.717) is 43.8 Å². The summed E-state index contributed by atoms with van der Waals surface area (Å²) in [6.07, 6.45) is 9.22. The van der Waals surface area contributed by atoms with E-state index in [1.165, 1.54) is 0 Å². The van der Waals surface area contributed by atoms with Crippen molar-refractivity contribution in [3.63, 3.8) is 0 Å². The third-order valence-corrected chi connectivity index (χ3v) is 15.1. The monoisotopic (exact) mass is 709 g/mol. The van der Waals surface area contributed by atoms with E-state index in [4.69, 9.17) is 9.47 Å². The smallest absolute Gasteiger partial charge is 0.408 e. The molecule has 0 aromatic heterocycles. The van der Waals surface area contributed by atoms with Gasteiger partial charge in [0, 0.05) is 5.92 Å². The summed E-state index contributed by atoms with van der Waals surface area (Å²) in [5, 5.41) is 36.7. The average Bonchev–Trinajstić information content (AvgIpc) is 3.33. The first-order valence-corrected chi connectivity index (χ1v) is 20.5. The molecule has 4 aliphatic carbocycles. The predicted molar refractivity (Wildman–Crippen MR) is 197 cm³/mol. The number of thioether (sulfide) groups is 1. The number of hydrogen-bond acceptors (Lipinski definition) is 8. The van der Waals surface area contributed by atoms with E-state index in [0.717, 1.165) is 38.5 Å². The zero-order valence-corrected chi connectivity index (χ0v) is 33.7. The van der Waals surface area contributed by atoms with E-state index in [1.54, 1.807) is 32.5 Å². The average molecular weight is 710 g/mol. The lowest BCUT2D eigenvalue weighted by Gasteiger charge is -2.70. The molecule has 49 heavy (non-hydrogen) atoms. The van der Waals surface area contributed by atoms with Crippen molar-refractivity contribution in [1.82, 2.24) is 5.32 Å². The van der Waals surface area contributed by atoms with Gasteiger partial charge in [0.1, 0.15) is 17.7 Å². The van der Waals surface area contributed by atoms with Crippen molar-refractivity contribution >= 4 is 23.8 Å². The van der Waals surface area contributed by atoms with Gasteiger partial charge in [-0.3, -0.25) is 0 Å². The van der Waals surface area contributed by atoms with Gasteiger partial charge in [0.25, 0.3) is 0 Å². The highest BCUT2D eigenvalue weighted by Crippen LogP contribution is 2.76. The Morgan fingerprint density at radius 2 is 1.53 bits per heavy atom. The molecule has 4 rings (SSSR count). The van der Waals surface area contributed by atoms with Crippen molar-refractivity contribution in [2.75, 3.05) is 12.0 Å². The molecular formula is C40H71NO7S. The number of hydrogen-bond donors (Lipinski definition) is 4. The van der Waals surface area contributed by atoms with Crippen LogP contribution in [0.2, 0.25) is 0 Å². The minimum atomic E-state index is -0.993. The van der Waals surface area contributed by atoms with E-state index < -0.39 is 41.0 Å². The lowest BCUT2D eigenvalue weighted by molar-refractivity contribution is -0.251. The zero-order valence-electron chi connectivity index (χ0n) is 32.9. The number of aliphatic hydroxyl groups is 3. The second-order valence-electron chi connectivity index (χ2n) is 19.7. The normalized spacial score (nSPS) is 39.1. The Hall–Kier alpha value is -1.03. The minimum absolute atomic E-state index is 0.0326. The molecule has 8 nitrogen and oxygen atoms in total. The van der Waals surface area contributed by atoms with Crippen LogP contribution in [0.4, 0.5) is 4.79 Å². The topological polar surface area (TPSA) is 125 Å².